The van der Waals surface area contributed by atoms with Crippen LogP contribution in [0.2, 0.25) is 0 Å². The van der Waals surface area contributed by atoms with Gasteiger partial charge < -0.3 is 0 Å². The molecule has 1 heterocycles. The SMILES string of the molecule is C=C(c1ccc(Cc2ncn[nH]2)cc1)c1cc2c(cc1C)C(C)(C)C=CC2(C)C. The van der Waals surface area contributed by atoms with E-state index in [1.54, 1.807) is 6.33 Å². The van der Waals surface area contributed by atoms with E-state index in [1.807, 2.05) is 0 Å². The van der Waals surface area contributed by atoms with E-state index in [2.05, 4.69) is 105 Å². The summed E-state index contributed by atoms with van der Waals surface area (Å²) in [6.07, 6.45) is 6.98. The quantitative estimate of drug-likeness (QED) is 0.571. The first kappa shape index (κ1) is 19.4. The van der Waals surface area contributed by atoms with Crippen LogP contribution in [0, 0.1) is 6.92 Å². The van der Waals surface area contributed by atoms with E-state index < -0.39 is 0 Å². The van der Waals surface area contributed by atoms with Gasteiger partial charge in [-0.3, -0.25) is 5.10 Å². The number of nitrogens with zero attached hydrogens (tertiary/aromatic N) is 2. The molecule has 0 bridgehead atoms. The van der Waals surface area contributed by atoms with E-state index in [0.717, 1.165) is 23.4 Å². The standard InChI is InChI=1S/C26H29N3/c1-17-13-22-23(26(5,6)12-11-25(22,3)4)15-21(17)18(2)20-9-7-19(8-10-20)14-24-27-16-28-29-24/h7-13,15-16H,2,14H2,1,3-6H3,(H,27,28,29). The Bertz CT molecular complexity index is 1080. The molecule has 0 spiro atoms. The number of hydrogen-bond donors (Lipinski definition) is 1. The number of H-pyrrole nitrogens is 1. The molecular formula is C26H29N3. The van der Waals surface area contributed by atoms with Crippen LogP contribution in [0.5, 0.6) is 0 Å². The van der Waals surface area contributed by atoms with Crippen LogP contribution in [-0.4, -0.2) is 15.2 Å². The van der Waals surface area contributed by atoms with Crippen molar-refractivity contribution in [3.05, 3.63) is 101 Å². The van der Waals surface area contributed by atoms with Crippen molar-refractivity contribution in [1.82, 2.24) is 15.2 Å². The lowest BCUT2D eigenvalue weighted by molar-refractivity contribution is 0.562. The van der Waals surface area contributed by atoms with Crippen molar-refractivity contribution in [2.24, 2.45) is 0 Å². The molecule has 0 saturated carbocycles. The number of rotatable bonds is 4. The Labute approximate surface area is 173 Å². The second-order valence-electron chi connectivity index (χ2n) is 9.27. The number of fused-ring (bicyclic) bond motifs is 1. The van der Waals surface area contributed by atoms with Gasteiger partial charge in [-0.25, -0.2) is 4.98 Å². The third kappa shape index (κ3) is 3.57. The fourth-order valence-electron chi connectivity index (χ4n) is 4.18. The van der Waals surface area contributed by atoms with Gasteiger partial charge in [-0.1, -0.05) is 76.8 Å². The minimum absolute atomic E-state index is 0.0223. The molecule has 3 nitrogen and oxygen atoms in total. The molecule has 0 atom stereocenters. The Morgan fingerprint density at radius 3 is 2.17 bits per heavy atom. The van der Waals surface area contributed by atoms with Gasteiger partial charge in [0.05, 0.1) is 0 Å². The van der Waals surface area contributed by atoms with E-state index in [9.17, 15) is 0 Å². The van der Waals surface area contributed by atoms with Crippen LogP contribution in [0.3, 0.4) is 0 Å². The van der Waals surface area contributed by atoms with Gasteiger partial charge in [0.1, 0.15) is 12.2 Å². The number of aromatic nitrogens is 3. The minimum Gasteiger partial charge on any atom is -0.263 e. The van der Waals surface area contributed by atoms with Gasteiger partial charge >= 0.3 is 0 Å². The molecule has 1 aliphatic rings. The summed E-state index contributed by atoms with van der Waals surface area (Å²) in [4.78, 5) is 4.20. The Balaban J connectivity index is 1.68. The average Bonchev–Trinajstić information content (AvgIpc) is 3.18. The molecule has 0 saturated heterocycles. The first-order chi connectivity index (χ1) is 13.7. The maximum absolute atomic E-state index is 4.45. The largest absolute Gasteiger partial charge is 0.263 e. The second-order valence-corrected chi connectivity index (χ2v) is 9.27. The van der Waals surface area contributed by atoms with Crippen molar-refractivity contribution >= 4 is 5.57 Å². The van der Waals surface area contributed by atoms with Crippen molar-refractivity contribution in [1.29, 1.82) is 0 Å². The lowest BCUT2D eigenvalue weighted by Gasteiger charge is -2.37. The lowest BCUT2D eigenvalue weighted by Crippen LogP contribution is -2.29. The summed E-state index contributed by atoms with van der Waals surface area (Å²) in [5.74, 6) is 0.875. The van der Waals surface area contributed by atoms with Crippen LogP contribution in [0.25, 0.3) is 5.57 Å². The van der Waals surface area contributed by atoms with Crippen molar-refractivity contribution in [2.45, 2.75) is 51.9 Å². The molecule has 0 aliphatic heterocycles. The fourth-order valence-corrected chi connectivity index (χ4v) is 4.18. The van der Waals surface area contributed by atoms with Crippen molar-refractivity contribution in [2.75, 3.05) is 0 Å². The summed E-state index contributed by atoms with van der Waals surface area (Å²) >= 11 is 0. The molecule has 0 unspecified atom stereocenters. The maximum atomic E-state index is 4.45. The first-order valence-electron chi connectivity index (χ1n) is 10.2. The Morgan fingerprint density at radius 1 is 0.966 bits per heavy atom. The van der Waals surface area contributed by atoms with Gasteiger partial charge in [-0.15, -0.1) is 0 Å². The third-order valence-corrected chi connectivity index (χ3v) is 6.13. The third-order valence-electron chi connectivity index (χ3n) is 6.13. The Hall–Kier alpha value is -2.94. The first-order valence-corrected chi connectivity index (χ1v) is 10.2. The monoisotopic (exact) mass is 383 g/mol. The molecular weight excluding hydrogens is 354 g/mol. The van der Waals surface area contributed by atoms with E-state index in [1.165, 1.54) is 27.8 Å². The van der Waals surface area contributed by atoms with Gasteiger partial charge in [0.25, 0.3) is 0 Å². The fraction of sp³-hybridized carbons (Fsp3) is 0.308. The van der Waals surface area contributed by atoms with Crippen molar-refractivity contribution < 1.29 is 0 Å². The van der Waals surface area contributed by atoms with E-state index in [-0.39, 0.29) is 10.8 Å². The molecule has 4 rings (SSSR count). The minimum atomic E-state index is 0.0223. The number of allylic oxidation sites excluding steroid dienone is 2. The summed E-state index contributed by atoms with van der Waals surface area (Å²) in [5, 5.41) is 6.83. The van der Waals surface area contributed by atoms with Crippen LogP contribution in [0.1, 0.15) is 66.9 Å². The highest BCUT2D eigenvalue weighted by Crippen LogP contribution is 2.43. The van der Waals surface area contributed by atoms with E-state index in [0.29, 0.717) is 0 Å². The number of aromatic amines is 1. The van der Waals surface area contributed by atoms with Crippen LogP contribution in [0.4, 0.5) is 0 Å². The molecule has 148 valence electrons. The zero-order valence-electron chi connectivity index (χ0n) is 18.0. The molecule has 0 radical (unpaired) electrons. The number of aryl methyl sites for hydroxylation is 1. The highest BCUT2D eigenvalue weighted by Gasteiger charge is 2.33. The highest BCUT2D eigenvalue weighted by molar-refractivity contribution is 5.81. The van der Waals surface area contributed by atoms with Crippen molar-refractivity contribution in [3.8, 4) is 0 Å². The van der Waals surface area contributed by atoms with Gasteiger partial charge in [0.2, 0.25) is 0 Å². The van der Waals surface area contributed by atoms with Gasteiger partial charge in [-0.2, -0.15) is 5.10 Å². The van der Waals surface area contributed by atoms with E-state index >= 15 is 0 Å². The molecule has 1 aliphatic carbocycles. The Kier molecular flexibility index (Phi) is 4.57. The summed E-state index contributed by atoms with van der Waals surface area (Å²) in [5.41, 5.74) is 8.82. The summed E-state index contributed by atoms with van der Waals surface area (Å²) in [6, 6.07) is 13.3. The summed E-state index contributed by atoms with van der Waals surface area (Å²) in [7, 11) is 0. The molecule has 1 N–H and O–H groups in total. The number of hydrogen-bond acceptors (Lipinski definition) is 2. The molecule has 0 amide bonds. The molecule has 2 aromatic carbocycles. The predicted octanol–water partition coefficient (Wildman–Crippen LogP) is 5.89. The molecule has 3 aromatic rings. The topological polar surface area (TPSA) is 41.6 Å². The van der Waals surface area contributed by atoms with Crippen LogP contribution >= 0.6 is 0 Å². The molecule has 29 heavy (non-hydrogen) atoms. The zero-order valence-corrected chi connectivity index (χ0v) is 18.0. The van der Waals surface area contributed by atoms with Crippen LogP contribution < -0.4 is 0 Å². The highest BCUT2D eigenvalue weighted by atomic mass is 15.2. The van der Waals surface area contributed by atoms with Crippen LogP contribution in [0.15, 0.2) is 61.5 Å². The molecule has 1 aromatic heterocycles. The van der Waals surface area contributed by atoms with Gasteiger partial charge in [-0.05, 0) is 51.9 Å². The second kappa shape index (κ2) is 6.84. The van der Waals surface area contributed by atoms with Gasteiger partial charge in [0, 0.05) is 17.3 Å². The number of benzene rings is 2. The lowest BCUT2D eigenvalue weighted by atomic mass is 9.67. The summed E-state index contributed by atoms with van der Waals surface area (Å²) < 4.78 is 0. The number of nitrogens with one attached hydrogen (secondary N) is 1. The van der Waals surface area contributed by atoms with Crippen LogP contribution in [-0.2, 0) is 17.3 Å². The van der Waals surface area contributed by atoms with E-state index in [4.69, 9.17) is 0 Å². The van der Waals surface area contributed by atoms with Crippen molar-refractivity contribution in [3.63, 3.8) is 0 Å². The Morgan fingerprint density at radius 2 is 1.59 bits per heavy atom. The average molecular weight is 384 g/mol. The summed E-state index contributed by atoms with van der Waals surface area (Å²) in [6.45, 7) is 15.8. The predicted molar refractivity (Wildman–Crippen MR) is 120 cm³/mol. The molecule has 0 fully saturated rings. The van der Waals surface area contributed by atoms with Gasteiger partial charge in [0.15, 0.2) is 0 Å². The smallest absolute Gasteiger partial charge is 0.137 e. The zero-order chi connectivity index (χ0) is 20.8. The maximum Gasteiger partial charge on any atom is 0.137 e. The molecule has 3 heteroatoms. The normalized spacial score (nSPS) is 16.4.